The first-order chi connectivity index (χ1) is 34.4. The number of alkyl halides is 12. The second-order valence-electron chi connectivity index (χ2n) is 14.1. The minimum Gasteiger partial charge on any atom is -0.515 e. The molecule has 408 valence electrons. The average molecular weight is 1220 g/mol. The number of hydrogen-bond acceptors (Lipinski definition) is 13. The van der Waals surface area contributed by atoms with Crippen LogP contribution in [0.5, 0.6) is 23.0 Å². The van der Waals surface area contributed by atoms with Crippen molar-refractivity contribution in [1.29, 1.82) is 0 Å². The molecule has 0 aliphatic carbocycles. The number of rotatable bonds is 16. The smallest absolute Gasteiger partial charge is 0.515 e. The minimum atomic E-state index is -5.04. The van der Waals surface area contributed by atoms with Crippen LogP contribution in [-0.2, 0) is 19.2 Å². The Bertz CT molecular complexity index is 2190. The summed E-state index contributed by atoms with van der Waals surface area (Å²) in [5.41, 5.74) is -0.361. The van der Waals surface area contributed by atoms with Gasteiger partial charge >= 0.3 is 74.1 Å². The van der Waals surface area contributed by atoms with E-state index in [0.29, 0.717) is 0 Å². The molecule has 1 N–H and O–H groups in total. The van der Waals surface area contributed by atoms with Gasteiger partial charge in [0.15, 0.2) is 23.1 Å². The zero-order valence-corrected chi connectivity index (χ0v) is 41.8. The number of piperidine rings is 1. The summed E-state index contributed by atoms with van der Waals surface area (Å²) in [4.78, 5) is 88.1. The van der Waals surface area contributed by atoms with Crippen LogP contribution in [0.2, 0.25) is 0 Å². The largest absolute Gasteiger partial charge is 3.00 e. The first-order valence-electron chi connectivity index (χ1n) is 20.7. The van der Waals surface area contributed by atoms with Crippen LogP contribution in [-0.4, -0.2) is 112 Å². The van der Waals surface area contributed by atoms with Gasteiger partial charge in [-0.3, -0.25) is 0 Å². The van der Waals surface area contributed by atoms with Crippen molar-refractivity contribution in [2.75, 3.05) is 41.5 Å². The van der Waals surface area contributed by atoms with Crippen LogP contribution >= 0.6 is 0 Å². The van der Waals surface area contributed by atoms with Crippen molar-refractivity contribution < 1.29 is 159 Å². The molecule has 0 bridgehead atoms. The number of para-hydroxylation sites is 4. The van der Waals surface area contributed by atoms with Crippen molar-refractivity contribution in [2.45, 2.75) is 44.0 Å². The van der Waals surface area contributed by atoms with Gasteiger partial charge in [0.2, 0.25) is 0 Å². The van der Waals surface area contributed by atoms with Crippen molar-refractivity contribution in [3.05, 3.63) is 145 Å². The number of Topliss-reactive ketones (excluding diaryl/α,β-unsaturated/α-hetero) is 8. The summed E-state index contributed by atoms with van der Waals surface area (Å²) in [6.07, 6.45) is -15.9. The molecular weight excluding hydrogens is 1170 g/mol. The predicted molar refractivity (Wildman–Crippen MR) is 237 cm³/mol. The number of ketones is 8. The molecule has 1 aliphatic heterocycles. The van der Waals surface area contributed by atoms with Gasteiger partial charge in [0.05, 0.1) is 28.4 Å². The monoisotopic (exact) mass is 1220 g/mol. The predicted octanol–water partition coefficient (Wildman–Crippen LogP) is 9.61. The van der Waals surface area contributed by atoms with Crippen molar-refractivity contribution in [1.82, 2.24) is 5.32 Å². The van der Waals surface area contributed by atoms with Gasteiger partial charge in [-0.2, -0.15) is 52.7 Å². The van der Waals surface area contributed by atoms with E-state index in [1.807, 2.05) is 0 Å². The summed E-state index contributed by atoms with van der Waals surface area (Å²) in [5.74, 6) is -12.4. The zero-order valence-electron chi connectivity index (χ0n) is 39.4. The molecule has 0 atom stereocenters. The molecule has 0 saturated carbocycles. The third-order valence-corrected chi connectivity index (χ3v) is 8.86. The van der Waals surface area contributed by atoms with Gasteiger partial charge in [0.25, 0.3) is 0 Å². The summed E-state index contributed by atoms with van der Waals surface area (Å²) >= 11 is 0. The van der Waals surface area contributed by atoms with Crippen molar-refractivity contribution in [3.8, 4) is 23.0 Å². The summed E-state index contributed by atoms with van der Waals surface area (Å²) in [6.45, 7) is 2.50. The van der Waals surface area contributed by atoms with E-state index < -0.39 is 71.0 Å². The molecule has 0 aromatic heterocycles. The molecule has 4 aromatic carbocycles. The number of benzene rings is 4. The minimum absolute atomic E-state index is 0. The number of hydrogen-bond donors (Lipinski definition) is 1. The normalized spacial score (nSPS) is 11.7. The Kier molecular flexibility index (Phi) is 30.0. The van der Waals surface area contributed by atoms with Crippen molar-refractivity contribution >= 4 is 46.3 Å². The molecule has 0 radical (unpaired) electrons. The van der Waals surface area contributed by atoms with Gasteiger partial charge in [0.1, 0.15) is 0 Å². The first-order valence-corrected chi connectivity index (χ1v) is 20.7. The van der Waals surface area contributed by atoms with E-state index in [4.69, 9.17) is 18.9 Å². The summed E-state index contributed by atoms with van der Waals surface area (Å²) in [6, 6.07) is 22.8. The number of methoxy groups -OCH3 is 4. The Morgan fingerprint density at radius 2 is 0.547 bits per heavy atom. The van der Waals surface area contributed by atoms with Gasteiger partial charge in [0, 0.05) is 46.1 Å². The number of ether oxygens (including phenoxy) is 4. The van der Waals surface area contributed by atoms with Crippen LogP contribution in [0, 0.1) is 75.1 Å². The Morgan fingerprint density at radius 3 is 0.680 bits per heavy atom. The Hall–Kier alpha value is -6.38. The average Bonchev–Trinajstić information content (AvgIpc) is 3.36. The zero-order chi connectivity index (χ0) is 56.5. The topological polar surface area (TPSA) is 186 Å². The maximum atomic E-state index is 11.9. The van der Waals surface area contributed by atoms with E-state index in [0.717, 1.165) is 0 Å². The third-order valence-electron chi connectivity index (χ3n) is 8.86. The van der Waals surface area contributed by atoms with Gasteiger partial charge in [-0.15, -0.1) is 49.9 Å². The van der Waals surface area contributed by atoms with Gasteiger partial charge < -0.3 is 62.6 Å². The molecule has 0 amide bonds. The number of nitrogens with one attached hydrogen (secondary N) is 1. The van der Waals surface area contributed by atoms with Crippen LogP contribution in [0.3, 0.4) is 0 Å². The van der Waals surface area contributed by atoms with E-state index >= 15 is 0 Å². The van der Waals surface area contributed by atoms with E-state index in [9.17, 15) is 91.0 Å². The quantitative estimate of drug-likeness (QED) is 0.0484. The Balaban J connectivity index is 0.000000932. The molecule has 1 saturated heterocycles. The maximum absolute atomic E-state index is 11.9. The van der Waals surface area contributed by atoms with E-state index in [-0.39, 0.29) is 120 Å². The van der Waals surface area contributed by atoms with E-state index in [1.54, 1.807) is 24.3 Å². The SMILES string of the molecule is C1CCNCC1.COc1ccccc1C(=O)[CH-]C(=O)C(F)(F)F.COc1ccccc1C(=O)[CH-]C(=O)C(F)(F)F.COc1ccccc1C(=O)[CH-]C(=O)C(F)(F)F.COc1ccccc1C(=O)[CH-]C(=O)C(F)(F)F.[Eu+3]. The molecule has 1 fully saturated rings. The third kappa shape index (κ3) is 25.1. The molecular formula is C49H43EuF12NO12-. The fourth-order valence-corrected chi connectivity index (χ4v) is 5.31. The molecule has 5 rings (SSSR count). The summed E-state index contributed by atoms with van der Waals surface area (Å²) in [7, 11) is 5.10. The van der Waals surface area contributed by atoms with Gasteiger partial charge in [-0.1, -0.05) is 77.2 Å². The number of carbonyl (C=O) groups excluding carboxylic acids is 8. The van der Waals surface area contributed by atoms with Gasteiger partial charge in [-0.25, -0.2) is 0 Å². The molecule has 0 spiro atoms. The maximum Gasteiger partial charge on any atom is 3.00 e. The second-order valence-corrected chi connectivity index (χ2v) is 14.1. The molecule has 1 heterocycles. The first kappa shape index (κ1) is 68.6. The molecule has 4 aromatic rings. The fourth-order valence-electron chi connectivity index (χ4n) is 5.31. The number of halogens is 12. The van der Waals surface area contributed by atoms with Crippen molar-refractivity contribution in [3.63, 3.8) is 0 Å². The van der Waals surface area contributed by atoms with E-state index in [2.05, 4.69) is 5.32 Å². The van der Waals surface area contributed by atoms with Crippen molar-refractivity contribution in [2.24, 2.45) is 0 Å². The Morgan fingerprint density at radius 1 is 0.360 bits per heavy atom. The second kappa shape index (κ2) is 32.8. The molecule has 1 aliphatic rings. The summed E-state index contributed by atoms with van der Waals surface area (Å²) < 4.78 is 163. The van der Waals surface area contributed by atoms with Crippen LogP contribution < -0.4 is 24.3 Å². The standard InChI is InChI=1S/4C11H8F3O3.C5H11N.Eu/c4*1-17-9-5-3-2-4-7(9)8(15)6-10(16)11(12,13)14;1-2-4-6-5-3-1;/h4*2-6H,1H3;6H,1-5H2;/q4*-1;;+3. The number of carbonyl (C=O) groups is 8. The molecule has 75 heavy (non-hydrogen) atoms. The summed E-state index contributed by atoms with van der Waals surface area (Å²) in [5, 5.41) is 3.28. The van der Waals surface area contributed by atoms with Crippen LogP contribution in [0.15, 0.2) is 97.1 Å². The van der Waals surface area contributed by atoms with Crippen LogP contribution in [0.1, 0.15) is 60.7 Å². The molecule has 0 unspecified atom stereocenters. The Labute approximate surface area is 461 Å². The fraction of sp³-hybridized carbons (Fsp3) is 0.265. The van der Waals surface area contributed by atoms with Gasteiger partial charge in [-0.05, 0) is 50.2 Å². The molecule has 13 nitrogen and oxygen atoms in total. The van der Waals surface area contributed by atoms with Crippen LogP contribution in [0.4, 0.5) is 52.7 Å². The van der Waals surface area contributed by atoms with Crippen LogP contribution in [0.25, 0.3) is 0 Å². The molecule has 26 heteroatoms. The van der Waals surface area contributed by atoms with E-state index in [1.165, 1.54) is 134 Å².